The Morgan fingerprint density at radius 3 is 1.04 bits per heavy atom. The average Bonchev–Trinajstić information content (AvgIpc) is 0.790. The minimum absolute atomic E-state index is 0.246. The number of amides is 1. The molecule has 2 heterocycles. The highest BCUT2D eigenvalue weighted by Crippen LogP contribution is 2.30. The van der Waals surface area contributed by atoms with Crippen LogP contribution >= 0.6 is 0 Å². The van der Waals surface area contributed by atoms with E-state index in [0.29, 0.717) is 12.8 Å². The SMILES string of the molecule is CC/C=C\C/C=C\C/C=C\C/C=C\C/C=C\C/C=C\C/C=C\C/C=C\C/C=C\C/C=C\C/C=C\CCCCCCCCCC(=O)NC(COC1OC(CO)C(OC2OC(CO)C(O)C(O)C2O)C(O)C1O)C(O)/C=C/CC/C=C/CC/C=C/CCCCCCCCCCCCCCCCCCCCCCC. The van der Waals surface area contributed by atoms with Crippen molar-refractivity contribution in [3.8, 4) is 0 Å². The molecule has 0 saturated carbocycles. The lowest BCUT2D eigenvalue weighted by molar-refractivity contribution is -0.359. The molecule has 2 fully saturated rings. The van der Waals surface area contributed by atoms with Crippen LogP contribution in [0.25, 0.3) is 0 Å². The smallest absolute Gasteiger partial charge is 0.220 e. The number of allylic oxidation sites excluding steroid dienone is 27. The van der Waals surface area contributed by atoms with Gasteiger partial charge in [-0.2, -0.15) is 0 Å². The Morgan fingerprint density at radius 1 is 0.349 bits per heavy atom. The summed E-state index contributed by atoms with van der Waals surface area (Å²) in [6.45, 7) is 2.67. The van der Waals surface area contributed by atoms with E-state index in [9.17, 15) is 45.6 Å². The maximum absolute atomic E-state index is 13.4. The molecule has 12 atom stereocenters. The Morgan fingerprint density at radius 2 is 0.660 bits per heavy atom. The van der Waals surface area contributed by atoms with E-state index in [2.05, 4.69) is 177 Å². The summed E-state index contributed by atoms with van der Waals surface area (Å²) in [7, 11) is 0. The number of hydrogen-bond donors (Lipinski definition) is 9. The van der Waals surface area contributed by atoms with Crippen molar-refractivity contribution in [1.29, 1.82) is 0 Å². The average molecular weight is 1480 g/mol. The number of rotatable bonds is 69. The molecule has 14 heteroatoms. The third-order valence-electron chi connectivity index (χ3n) is 19.4. The largest absolute Gasteiger partial charge is 0.394 e. The molecule has 2 rings (SSSR count). The summed E-state index contributed by atoms with van der Waals surface area (Å²) in [4.78, 5) is 13.4. The summed E-state index contributed by atoms with van der Waals surface area (Å²) in [5, 5.41) is 87.7. The molecule has 604 valence electrons. The van der Waals surface area contributed by atoms with Crippen LogP contribution in [-0.2, 0) is 23.7 Å². The van der Waals surface area contributed by atoms with Crippen molar-refractivity contribution in [3.63, 3.8) is 0 Å². The Balaban J connectivity index is 1.64. The molecule has 2 saturated heterocycles. The number of aliphatic hydroxyl groups excluding tert-OH is 8. The van der Waals surface area contributed by atoms with Gasteiger partial charge >= 0.3 is 0 Å². The van der Waals surface area contributed by atoms with Gasteiger partial charge in [-0.15, -0.1) is 0 Å². The summed E-state index contributed by atoms with van der Waals surface area (Å²) < 4.78 is 22.9. The molecule has 0 aromatic carbocycles. The minimum atomic E-state index is -1.80. The lowest BCUT2D eigenvalue weighted by Gasteiger charge is -2.46. The number of aliphatic hydroxyl groups is 8. The summed E-state index contributed by atoms with van der Waals surface area (Å²) in [5.74, 6) is -0.269. The van der Waals surface area contributed by atoms with Crippen LogP contribution in [0.4, 0.5) is 0 Å². The van der Waals surface area contributed by atoms with Gasteiger partial charge in [-0.25, -0.2) is 0 Å². The first-order valence-corrected chi connectivity index (χ1v) is 42.4. The first-order chi connectivity index (χ1) is 52.1. The topological polar surface area (TPSA) is 228 Å². The number of hydrogen-bond acceptors (Lipinski definition) is 13. The molecule has 0 bridgehead atoms. The molecule has 2 aliphatic rings. The summed E-state index contributed by atoms with van der Waals surface area (Å²) in [5.41, 5.74) is 0. The van der Waals surface area contributed by atoms with Crippen LogP contribution < -0.4 is 5.32 Å². The molecule has 14 nitrogen and oxygen atoms in total. The quantitative estimate of drug-likeness (QED) is 0.0204. The molecular formula is C92H153NO13. The van der Waals surface area contributed by atoms with E-state index in [0.717, 1.165) is 141 Å². The lowest BCUT2D eigenvalue weighted by Crippen LogP contribution is -2.65. The maximum Gasteiger partial charge on any atom is 0.220 e. The zero-order valence-corrected chi connectivity index (χ0v) is 66.4. The van der Waals surface area contributed by atoms with Crippen molar-refractivity contribution < 1.29 is 64.6 Å². The first-order valence-electron chi connectivity index (χ1n) is 42.4. The minimum Gasteiger partial charge on any atom is -0.394 e. The van der Waals surface area contributed by atoms with Crippen LogP contribution in [0.2, 0.25) is 0 Å². The van der Waals surface area contributed by atoms with Crippen LogP contribution in [0.15, 0.2) is 170 Å². The van der Waals surface area contributed by atoms with Gasteiger partial charge in [-0.05, 0) is 128 Å². The molecule has 106 heavy (non-hydrogen) atoms. The van der Waals surface area contributed by atoms with E-state index in [1.165, 1.54) is 135 Å². The highest BCUT2D eigenvalue weighted by Gasteiger charge is 2.51. The fraction of sp³-hybridized carbons (Fsp3) is 0.685. The van der Waals surface area contributed by atoms with Gasteiger partial charge in [-0.1, -0.05) is 344 Å². The van der Waals surface area contributed by atoms with Gasteiger partial charge < -0.3 is 65.1 Å². The van der Waals surface area contributed by atoms with Gasteiger partial charge in [0.1, 0.15) is 48.8 Å². The predicted molar refractivity (Wildman–Crippen MR) is 442 cm³/mol. The van der Waals surface area contributed by atoms with Gasteiger partial charge in [0.15, 0.2) is 12.6 Å². The maximum atomic E-state index is 13.4. The standard InChI is InChI=1S/C92H153NO13/c1-3-5-7-9-11-13-15-17-19-21-23-25-27-29-31-33-35-36-37-38-39-40-41-42-43-44-46-48-50-52-54-56-58-60-62-64-66-68-70-72-74-76-84(97)93-80(79-103-91-89(102)87(100)90(83(78-95)105-91)106-92-88(101)86(99)85(98)82(77-94)104-92)81(96)75-73-71-69-67-65-63-61-59-57-55-53-51-49-47-45-34-32-30-28-26-24-22-20-18-16-14-12-10-8-6-4-2/h5,7,11,13,17,19,23,25,29,31,35-36,38-39,41-42,44,46,50,52,56-59,65,67,73,75,80-83,85-92,94-96,98-102H,3-4,6,8-10,12,14-16,18,20-22,24,26-28,30,32-34,37,40,43,45,47-49,51,53-55,60-64,66,68-72,74,76-79H2,1-2H3,(H,93,97)/b7-5-,13-11-,19-17-,25-23-,31-29-,36-35-,39-38-,42-41-,46-44-,52-50-,58-56-,59-57+,67-65+,75-73+. The molecule has 1 amide bonds. The predicted octanol–water partition coefficient (Wildman–Crippen LogP) is 20.2. The summed E-state index contributed by atoms with van der Waals surface area (Å²) in [6.07, 6.45) is 97.2. The fourth-order valence-corrected chi connectivity index (χ4v) is 12.7. The van der Waals surface area contributed by atoms with Crippen LogP contribution in [0.1, 0.15) is 309 Å². The molecule has 0 aliphatic carbocycles. The van der Waals surface area contributed by atoms with Crippen molar-refractivity contribution in [2.24, 2.45) is 0 Å². The summed E-state index contributed by atoms with van der Waals surface area (Å²) >= 11 is 0. The lowest BCUT2D eigenvalue weighted by atomic mass is 9.97. The van der Waals surface area contributed by atoms with Crippen LogP contribution in [0, 0.1) is 0 Å². The third kappa shape index (κ3) is 54.9. The summed E-state index contributed by atoms with van der Waals surface area (Å²) in [6, 6.07) is -0.959. The van der Waals surface area contributed by atoms with E-state index in [1.54, 1.807) is 6.08 Å². The number of nitrogens with one attached hydrogen (secondary N) is 1. The molecule has 12 unspecified atom stereocenters. The van der Waals surface area contributed by atoms with E-state index >= 15 is 0 Å². The molecule has 9 N–H and O–H groups in total. The van der Waals surface area contributed by atoms with Crippen molar-refractivity contribution in [2.75, 3.05) is 19.8 Å². The second-order valence-corrected chi connectivity index (χ2v) is 28.9. The highest BCUT2D eigenvalue weighted by atomic mass is 16.7. The zero-order valence-electron chi connectivity index (χ0n) is 66.4. The third-order valence-corrected chi connectivity index (χ3v) is 19.4. The van der Waals surface area contributed by atoms with Gasteiger partial charge in [0.05, 0.1) is 32.0 Å². The Labute approximate surface area is 645 Å². The van der Waals surface area contributed by atoms with Gasteiger partial charge in [-0.3, -0.25) is 4.79 Å². The number of carbonyl (C=O) groups is 1. The van der Waals surface area contributed by atoms with E-state index in [4.69, 9.17) is 18.9 Å². The van der Waals surface area contributed by atoms with Crippen molar-refractivity contribution in [2.45, 2.75) is 383 Å². The monoisotopic (exact) mass is 1480 g/mol. The fourth-order valence-electron chi connectivity index (χ4n) is 12.7. The van der Waals surface area contributed by atoms with Gasteiger partial charge in [0.2, 0.25) is 5.91 Å². The Bertz CT molecular complexity index is 2450. The molecule has 0 aromatic heterocycles. The van der Waals surface area contributed by atoms with Crippen LogP contribution in [-0.4, -0.2) is 140 Å². The normalized spacial score (nSPS) is 22.2. The molecule has 2 aliphatic heterocycles. The second-order valence-electron chi connectivity index (χ2n) is 28.9. The molecule has 0 radical (unpaired) electrons. The van der Waals surface area contributed by atoms with E-state index in [-0.39, 0.29) is 18.9 Å². The van der Waals surface area contributed by atoms with Crippen molar-refractivity contribution >= 4 is 5.91 Å². The number of unbranched alkanes of at least 4 members (excludes halogenated alkanes) is 30. The zero-order chi connectivity index (χ0) is 76.5. The second kappa shape index (κ2) is 73.2. The van der Waals surface area contributed by atoms with E-state index < -0.39 is 86.8 Å². The molecule has 0 spiro atoms. The number of carbonyl (C=O) groups excluding carboxylic acids is 1. The van der Waals surface area contributed by atoms with Crippen LogP contribution in [0.3, 0.4) is 0 Å². The highest BCUT2D eigenvalue weighted by molar-refractivity contribution is 5.76. The molecular weight excluding hydrogens is 1330 g/mol. The van der Waals surface area contributed by atoms with Gasteiger partial charge in [0.25, 0.3) is 0 Å². The van der Waals surface area contributed by atoms with Crippen molar-refractivity contribution in [1.82, 2.24) is 5.32 Å². The molecule has 0 aromatic rings. The van der Waals surface area contributed by atoms with E-state index in [1.807, 2.05) is 6.08 Å². The Hall–Kier alpha value is -4.65. The Kier molecular flexibility index (Phi) is 67.3. The number of ether oxygens (including phenoxy) is 4. The van der Waals surface area contributed by atoms with Gasteiger partial charge in [0, 0.05) is 6.42 Å². The first kappa shape index (κ1) is 97.4. The van der Waals surface area contributed by atoms with Crippen molar-refractivity contribution in [3.05, 3.63) is 170 Å². The van der Waals surface area contributed by atoms with Crippen LogP contribution in [0.5, 0.6) is 0 Å².